The molecule has 1 N–H and O–H groups in total. The average molecular weight is 423 g/mol. The van der Waals surface area contributed by atoms with Gasteiger partial charge in [-0.25, -0.2) is 4.79 Å². The number of hydrogen-bond acceptors (Lipinski definition) is 5. The van der Waals surface area contributed by atoms with E-state index in [0.29, 0.717) is 36.0 Å². The minimum atomic E-state index is -1.30. The van der Waals surface area contributed by atoms with Gasteiger partial charge in [0.15, 0.2) is 11.5 Å². The van der Waals surface area contributed by atoms with Crippen molar-refractivity contribution in [3.05, 3.63) is 54.1 Å². The van der Waals surface area contributed by atoms with Gasteiger partial charge in [0.1, 0.15) is 25.3 Å². The maximum atomic E-state index is 13.3. The number of rotatable bonds is 5. The standard InChI is InChI=1S/C23H25N3O5/c1-15(2)26(17-7-5-4-6-8-17)20(27)14-25-21(28)23(3,24-22(25)29)16-9-10-18-19(13-16)31-12-11-30-18/h4-10,13,15H,11-12,14H2,1-3H3,(H,24,29)/t23-/m1/s1. The quantitative estimate of drug-likeness (QED) is 0.747. The summed E-state index contributed by atoms with van der Waals surface area (Å²) in [4.78, 5) is 41.6. The number of para-hydroxylation sites is 1. The number of imide groups is 1. The van der Waals surface area contributed by atoms with Gasteiger partial charge in [-0.1, -0.05) is 24.3 Å². The van der Waals surface area contributed by atoms with Crippen molar-refractivity contribution in [1.29, 1.82) is 0 Å². The summed E-state index contributed by atoms with van der Waals surface area (Å²) in [5, 5.41) is 2.74. The highest BCUT2D eigenvalue weighted by Crippen LogP contribution is 2.37. The first-order chi connectivity index (χ1) is 14.8. The highest BCUT2D eigenvalue weighted by Gasteiger charge is 2.50. The van der Waals surface area contributed by atoms with Crippen LogP contribution < -0.4 is 19.7 Å². The summed E-state index contributed by atoms with van der Waals surface area (Å²) < 4.78 is 11.1. The van der Waals surface area contributed by atoms with E-state index in [1.807, 2.05) is 44.2 Å². The van der Waals surface area contributed by atoms with E-state index < -0.39 is 17.5 Å². The van der Waals surface area contributed by atoms with Gasteiger partial charge in [0.2, 0.25) is 5.91 Å². The molecule has 0 spiro atoms. The Bertz CT molecular complexity index is 1020. The van der Waals surface area contributed by atoms with Gasteiger partial charge in [-0.15, -0.1) is 0 Å². The van der Waals surface area contributed by atoms with Gasteiger partial charge in [0.05, 0.1) is 0 Å². The number of anilines is 1. The molecule has 8 nitrogen and oxygen atoms in total. The second-order valence-corrected chi connectivity index (χ2v) is 8.00. The predicted molar refractivity (Wildman–Crippen MR) is 114 cm³/mol. The lowest BCUT2D eigenvalue weighted by atomic mass is 9.91. The number of amides is 4. The van der Waals surface area contributed by atoms with Crippen molar-refractivity contribution in [3.8, 4) is 11.5 Å². The van der Waals surface area contributed by atoms with E-state index >= 15 is 0 Å². The molecule has 1 saturated heterocycles. The van der Waals surface area contributed by atoms with E-state index in [0.717, 1.165) is 4.90 Å². The Labute approximate surface area is 180 Å². The van der Waals surface area contributed by atoms with Crippen LogP contribution in [-0.4, -0.2) is 48.5 Å². The zero-order valence-corrected chi connectivity index (χ0v) is 17.8. The Hall–Kier alpha value is -3.55. The first-order valence-corrected chi connectivity index (χ1v) is 10.2. The van der Waals surface area contributed by atoms with Gasteiger partial charge in [-0.2, -0.15) is 0 Å². The molecule has 2 aromatic rings. The van der Waals surface area contributed by atoms with Gasteiger partial charge in [0, 0.05) is 11.7 Å². The van der Waals surface area contributed by atoms with Crippen LogP contribution in [0.2, 0.25) is 0 Å². The topological polar surface area (TPSA) is 88.2 Å². The molecule has 2 aliphatic heterocycles. The van der Waals surface area contributed by atoms with Crippen LogP contribution in [-0.2, 0) is 15.1 Å². The van der Waals surface area contributed by atoms with E-state index in [4.69, 9.17) is 9.47 Å². The van der Waals surface area contributed by atoms with Gasteiger partial charge in [0.25, 0.3) is 5.91 Å². The molecule has 0 unspecified atom stereocenters. The van der Waals surface area contributed by atoms with Gasteiger partial charge in [-0.3, -0.25) is 14.5 Å². The number of nitrogens with zero attached hydrogens (tertiary/aromatic N) is 2. The van der Waals surface area contributed by atoms with Crippen LogP contribution in [0.1, 0.15) is 26.3 Å². The van der Waals surface area contributed by atoms with Crippen LogP contribution in [0.3, 0.4) is 0 Å². The van der Waals surface area contributed by atoms with E-state index in [1.165, 1.54) is 0 Å². The Kier molecular flexibility index (Phi) is 5.31. The number of nitrogens with one attached hydrogen (secondary N) is 1. The van der Waals surface area contributed by atoms with Gasteiger partial charge >= 0.3 is 6.03 Å². The molecular weight excluding hydrogens is 398 g/mol. The summed E-state index contributed by atoms with van der Waals surface area (Å²) in [7, 11) is 0. The minimum absolute atomic E-state index is 0.139. The van der Waals surface area contributed by atoms with Crippen molar-refractivity contribution >= 4 is 23.5 Å². The molecule has 0 aliphatic carbocycles. The highest BCUT2D eigenvalue weighted by atomic mass is 16.6. The van der Waals surface area contributed by atoms with Crippen LogP contribution in [0.4, 0.5) is 10.5 Å². The summed E-state index contributed by atoms with van der Waals surface area (Å²) in [5.74, 6) is 0.296. The number of ether oxygens (including phenoxy) is 2. The molecule has 0 aromatic heterocycles. The fourth-order valence-electron chi connectivity index (χ4n) is 3.92. The lowest BCUT2D eigenvalue weighted by Crippen LogP contribution is -2.46. The van der Waals surface area contributed by atoms with Crippen molar-refractivity contribution in [3.63, 3.8) is 0 Å². The summed E-state index contributed by atoms with van der Waals surface area (Å²) in [5.41, 5.74) is -0.0271. The van der Waals surface area contributed by atoms with E-state index in [9.17, 15) is 14.4 Å². The number of hydrogen-bond donors (Lipinski definition) is 1. The number of carbonyl (C=O) groups is 3. The van der Waals surface area contributed by atoms with Crippen LogP contribution in [0.15, 0.2) is 48.5 Å². The average Bonchev–Trinajstić information content (AvgIpc) is 2.98. The first kappa shape index (κ1) is 20.7. The van der Waals surface area contributed by atoms with Gasteiger partial charge in [-0.05, 0) is 50.6 Å². The monoisotopic (exact) mass is 423 g/mol. The van der Waals surface area contributed by atoms with Crippen LogP contribution in [0, 0.1) is 0 Å². The number of benzene rings is 2. The molecule has 2 aromatic carbocycles. The van der Waals surface area contributed by atoms with E-state index in [1.54, 1.807) is 30.0 Å². The summed E-state index contributed by atoms with van der Waals surface area (Å²) in [6.07, 6.45) is 0. The van der Waals surface area contributed by atoms with Crippen LogP contribution >= 0.6 is 0 Å². The molecule has 0 saturated carbocycles. The van der Waals surface area contributed by atoms with Crippen molar-refractivity contribution in [1.82, 2.24) is 10.2 Å². The molecule has 4 amide bonds. The third kappa shape index (κ3) is 3.69. The highest BCUT2D eigenvalue weighted by molar-refractivity contribution is 6.10. The largest absolute Gasteiger partial charge is 0.486 e. The van der Waals surface area contributed by atoms with E-state index in [-0.39, 0.29) is 18.5 Å². The van der Waals surface area contributed by atoms with Crippen molar-refractivity contribution in [2.45, 2.75) is 32.4 Å². The molecule has 2 heterocycles. The Balaban J connectivity index is 1.57. The van der Waals surface area contributed by atoms with Crippen LogP contribution in [0.5, 0.6) is 11.5 Å². The number of fused-ring (bicyclic) bond motifs is 1. The minimum Gasteiger partial charge on any atom is -0.486 e. The molecule has 8 heteroatoms. The Morgan fingerprint density at radius 1 is 1.10 bits per heavy atom. The first-order valence-electron chi connectivity index (χ1n) is 10.2. The molecule has 162 valence electrons. The van der Waals surface area contributed by atoms with Crippen molar-refractivity contribution in [2.24, 2.45) is 0 Å². The summed E-state index contributed by atoms with van der Waals surface area (Å²) in [6, 6.07) is 13.6. The zero-order valence-electron chi connectivity index (χ0n) is 17.8. The lowest BCUT2D eigenvalue weighted by Gasteiger charge is -2.29. The third-order valence-electron chi connectivity index (χ3n) is 5.51. The second kappa shape index (κ2) is 7.94. The predicted octanol–water partition coefficient (Wildman–Crippen LogP) is 2.67. The molecule has 2 aliphatic rings. The molecule has 31 heavy (non-hydrogen) atoms. The number of carbonyl (C=O) groups excluding carboxylic acids is 3. The van der Waals surface area contributed by atoms with Gasteiger partial charge < -0.3 is 19.7 Å². The van der Waals surface area contributed by atoms with Crippen molar-refractivity contribution in [2.75, 3.05) is 24.7 Å². The molecular formula is C23H25N3O5. The fraction of sp³-hybridized carbons (Fsp3) is 0.348. The molecule has 4 rings (SSSR count). The Morgan fingerprint density at radius 3 is 2.45 bits per heavy atom. The van der Waals surface area contributed by atoms with Crippen LogP contribution in [0.25, 0.3) is 0 Å². The normalized spacial score (nSPS) is 20.1. The summed E-state index contributed by atoms with van der Waals surface area (Å²) >= 11 is 0. The fourth-order valence-corrected chi connectivity index (χ4v) is 3.92. The molecule has 1 fully saturated rings. The second-order valence-electron chi connectivity index (χ2n) is 8.00. The maximum absolute atomic E-state index is 13.3. The van der Waals surface area contributed by atoms with Crippen molar-refractivity contribution < 1.29 is 23.9 Å². The summed E-state index contributed by atoms with van der Waals surface area (Å²) in [6.45, 7) is 5.92. The maximum Gasteiger partial charge on any atom is 0.325 e. The zero-order chi connectivity index (χ0) is 22.2. The lowest BCUT2D eigenvalue weighted by molar-refractivity contribution is -0.134. The molecule has 1 atom stereocenters. The number of urea groups is 1. The molecule has 0 radical (unpaired) electrons. The SMILES string of the molecule is CC(C)N(C(=O)CN1C(=O)N[C@](C)(c2ccc3c(c2)OCCO3)C1=O)c1ccccc1. The van der Waals surface area contributed by atoms with E-state index in [2.05, 4.69) is 5.32 Å². The smallest absolute Gasteiger partial charge is 0.325 e. The molecule has 0 bridgehead atoms. The third-order valence-corrected chi connectivity index (χ3v) is 5.51. The Morgan fingerprint density at radius 2 is 1.77 bits per heavy atom.